The van der Waals surface area contributed by atoms with Crippen molar-refractivity contribution in [3.63, 3.8) is 0 Å². The number of nitrogens with zero attached hydrogens (tertiary/aromatic N) is 3. The Hall–Kier alpha value is -0.470. The predicted octanol–water partition coefficient (Wildman–Crippen LogP) is 2.21. The van der Waals surface area contributed by atoms with Crippen LogP contribution in [0.2, 0.25) is 0 Å². The Morgan fingerprint density at radius 3 is 3.00 bits per heavy atom. The van der Waals surface area contributed by atoms with E-state index >= 15 is 0 Å². The Kier molecular flexibility index (Phi) is 5.16. The summed E-state index contributed by atoms with van der Waals surface area (Å²) in [5.41, 5.74) is 7.70. The van der Waals surface area contributed by atoms with Crippen molar-refractivity contribution in [1.29, 1.82) is 0 Å². The number of azide groups is 1. The summed E-state index contributed by atoms with van der Waals surface area (Å²) in [6, 6.07) is 0. The molecule has 38 valence electrons. The molecule has 0 rings (SSSR count). The molecule has 0 aromatic heterocycles. The molecule has 0 spiro atoms. The maximum atomic E-state index is 7.70. The van der Waals surface area contributed by atoms with Crippen LogP contribution in [-0.2, 0) is 0 Å². The van der Waals surface area contributed by atoms with E-state index in [1.165, 1.54) is 0 Å². The standard InChI is InChI=1S/C3H4BrN3/c4-2-1-3-6-7-5/h1-2H,3H2. The Balaban J connectivity index is 3.15. The van der Waals surface area contributed by atoms with Crippen molar-refractivity contribution in [2.24, 2.45) is 5.11 Å². The van der Waals surface area contributed by atoms with Crippen LogP contribution in [0.25, 0.3) is 10.4 Å². The molecule has 0 heterocycles. The van der Waals surface area contributed by atoms with Gasteiger partial charge in [-0.25, -0.2) is 0 Å². The molecule has 0 amide bonds. The third-order valence-electron chi connectivity index (χ3n) is 0.339. The average Bonchev–Trinajstić information content (AvgIpc) is 1.69. The zero-order valence-electron chi connectivity index (χ0n) is 3.58. The van der Waals surface area contributed by atoms with Crippen molar-refractivity contribution in [2.45, 2.75) is 0 Å². The van der Waals surface area contributed by atoms with Crippen molar-refractivity contribution in [1.82, 2.24) is 0 Å². The lowest BCUT2D eigenvalue weighted by molar-refractivity contribution is 1.22. The molecule has 0 aliphatic carbocycles. The molecule has 0 atom stereocenters. The molecular weight excluding hydrogens is 158 g/mol. The Morgan fingerprint density at radius 1 is 1.86 bits per heavy atom. The predicted molar refractivity (Wildman–Crippen MR) is 32.1 cm³/mol. The maximum Gasteiger partial charge on any atom is 0.0448 e. The van der Waals surface area contributed by atoms with Crippen molar-refractivity contribution in [3.8, 4) is 0 Å². The highest BCUT2D eigenvalue weighted by molar-refractivity contribution is 9.11. The third kappa shape index (κ3) is 5.53. The van der Waals surface area contributed by atoms with Gasteiger partial charge in [-0.1, -0.05) is 27.1 Å². The van der Waals surface area contributed by atoms with Gasteiger partial charge in [-0.15, -0.1) is 0 Å². The van der Waals surface area contributed by atoms with Gasteiger partial charge in [-0.3, -0.25) is 0 Å². The van der Waals surface area contributed by atoms with Crippen LogP contribution in [0.4, 0.5) is 0 Å². The normalized spacial score (nSPS) is 8.71. The molecule has 0 radical (unpaired) electrons. The summed E-state index contributed by atoms with van der Waals surface area (Å²) in [6.07, 6.45) is 1.71. The summed E-state index contributed by atoms with van der Waals surface area (Å²) >= 11 is 3.02. The third-order valence-corrected chi connectivity index (χ3v) is 0.713. The van der Waals surface area contributed by atoms with Gasteiger partial charge in [0.2, 0.25) is 0 Å². The quantitative estimate of drug-likeness (QED) is 0.339. The molecule has 0 aliphatic heterocycles. The van der Waals surface area contributed by atoms with E-state index in [-0.39, 0.29) is 0 Å². The van der Waals surface area contributed by atoms with E-state index in [0.717, 1.165) is 0 Å². The van der Waals surface area contributed by atoms with Crippen LogP contribution in [0.1, 0.15) is 0 Å². The minimum Gasteiger partial charge on any atom is -0.0899 e. The Labute approximate surface area is 49.8 Å². The molecular formula is C3H4BrN3. The van der Waals surface area contributed by atoms with Crippen molar-refractivity contribution < 1.29 is 0 Å². The monoisotopic (exact) mass is 161 g/mol. The summed E-state index contributed by atoms with van der Waals surface area (Å²) in [4.78, 5) is 4.18. The summed E-state index contributed by atoms with van der Waals surface area (Å²) in [5.74, 6) is 0. The van der Waals surface area contributed by atoms with E-state index in [2.05, 4.69) is 26.0 Å². The van der Waals surface area contributed by atoms with Gasteiger partial charge in [0.25, 0.3) is 0 Å². The minimum absolute atomic E-state index is 0.418. The van der Waals surface area contributed by atoms with E-state index in [1.807, 2.05) is 0 Å². The average molecular weight is 162 g/mol. The summed E-state index contributed by atoms with van der Waals surface area (Å²) in [7, 11) is 0. The molecule has 0 bridgehead atoms. The first-order valence-electron chi connectivity index (χ1n) is 1.68. The van der Waals surface area contributed by atoms with Crippen LogP contribution < -0.4 is 0 Å². The second-order valence-corrected chi connectivity index (χ2v) is 1.30. The molecule has 0 saturated carbocycles. The van der Waals surface area contributed by atoms with E-state index in [0.29, 0.717) is 6.54 Å². The van der Waals surface area contributed by atoms with E-state index in [1.54, 1.807) is 11.1 Å². The first-order chi connectivity index (χ1) is 3.41. The van der Waals surface area contributed by atoms with Gasteiger partial charge in [0.1, 0.15) is 0 Å². The lowest BCUT2D eigenvalue weighted by Crippen LogP contribution is -1.60. The van der Waals surface area contributed by atoms with Crippen LogP contribution in [0.3, 0.4) is 0 Å². The summed E-state index contributed by atoms with van der Waals surface area (Å²) < 4.78 is 0. The molecule has 0 aliphatic rings. The number of hydrogen-bond acceptors (Lipinski definition) is 1. The van der Waals surface area contributed by atoms with Gasteiger partial charge in [0.05, 0.1) is 0 Å². The van der Waals surface area contributed by atoms with Crippen LogP contribution in [0.15, 0.2) is 16.2 Å². The lowest BCUT2D eigenvalue weighted by Gasteiger charge is -1.67. The van der Waals surface area contributed by atoms with Gasteiger partial charge >= 0.3 is 0 Å². The number of halogens is 1. The topological polar surface area (TPSA) is 48.8 Å². The molecule has 0 aromatic carbocycles. The molecule has 0 unspecified atom stereocenters. The highest BCUT2D eigenvalue weighted by Gasteiger charge is 1.62. The highest BCUT2D eigenvalue weighted by atomic mass is 79.9. The minimum atomic E-state index is 0.418. The van der Waals surface area contributed by atoms with Crippen LogP contribution in [0, 0.1) is 0 Å². The van der Waals surface area contributed by atoms with E-state index in [9.17, 15) is 0 Å². The first kappa shape index (κ1) is 6.53. The zero-order chi connectivity index (χ0) is 5.54. The fourth-order valence-electron chi connectivity index (χ4n) is 0.123. The smallest absolute Gasteiger partial charge is 0.0448 e. The molecule has 0 N–H and O–H groups in total. The Morgan fingerprint density at radius 2 is 2.57 bits per heavy atom. The fraction of sp³-hybridized carbons (Fsp3) is 0.333. The SMILES string of the molecule is [N-]=[N+]=NCC=CBr. The van der Waals surface area contributed by atoms with Crippen molar-refractivity contribution in [2.75, 3.05) is 6.54 Å². The largest absolute Gasteiger partial charge is 0.0899 e. The number of hydrogen-bond donors (Lipinski definition) is 0. The number of rotatable bonds is 2. The molecule has 4 heteroatoms. The second-order valence-electron chi connectivity index (χ2n) is 0.775. The van der Waals surface area contributed by atoms with Crippen LogP contribution in [-0.4, -0.2) is 6.54 Å². The summed E-state index contributed by atoms with van der Waals surface area (Å²) in [6.45, 7) is 0.418. The fourth-order valence-corrected chi connectivity index (χ4v) is 0.291. The van der Waals surface area contributed by atoms with Gasteiger partial charge in [0, 0.05) is 11.5 Å². The van der Waals surface area contributed by atoms with Crippen LogP contribution in [0.5, 0.6) is 0 Å². The highest BCUT2D eigenvalue weighted by Crippen LogP contribution is 1.81. The van der Waals surface area contributed by atoms with Gasteiger partial charge in [0.15, 0.2) is 0 Å². The maximum absolute atomic E-state index is 7.70. The molecule has 0 aromatic rings. The van der Waals surface area contributed by atoms with E-state index in [4.69, 9.17) is 5.53 Å². The van der Waals surface area contributed by atoms with Gasteiger partial charge in [-0.2, -0.15) is 0 Å². The molecule has 0 fully saturated rings. The Bertz CT molecular complexity index is 103. The molecule has 0 saturated heterocycles. The van der Waals surface area contributed by atoms with Gasteiger partial charge in [-0.05, 0) is 10.5 Å². The lowest BCUT2D eigenvalue weighted by atomic mass is 10.7. The molecule has 7 heavy (non-hydrogen) atoms. The van der Waals surface area contributed by atoms with Crippen molar-refractivity contribution >= 4 is 15.9 Å². The van der Waals surface area contributed by atoms with Crippen LogP contribution >= 0.6 is 15.9 Å². The zero-order valence-corrected chi connectivity index (χ0v) is 5.17. The summed E-state index contributed by atoms with van der Waals surface area (Å²) in [5, 5.41) is 3.23. The first-order valence-corrected chi connectivity index (χ1v) is 2.59. The molecule has 3 nitrogen and oxygen atoms in total. The van der Waals surface area contributed by atoms with Crippen molar-refractivity contribution in [3.05, 3.63) is 21.5 Å². The van der Waals surface area contributed by atoms with E-state index < -0.39 is 0 Å². The second kappa shape index (κ2) is 5.53. The van der Waals surface area contributed by atoms with Gasteiger partial charge < -0.3 is 0 Å².